The quantitative estimate of drug-likeness (QED) is 0.891. The molecule has 0 spiro atoms. The van der Waals surface area contributed by atoms with Crippen LogP contribution in [-0.4, -0.2) is 29.9 Å². The van der Waals surface area contributed by atoms with Crippen LogP contribution in [0.15, 0.2) is 0 Å². The highest BCUT2D eigenvalue weighted by molar-refractivity contribution is 5.19. The molecule has 3 nitrogen and oxygen atoms in total. The molecule has 0 aromatic carbocycles. The first-order valence-corrected chi connectivity index (χ1v) is 5.63. The van der Waals surface area contributed by atoms with Crippen LogP contribution in [0.25, 0.3) is 0 Å². The summed E-state index contributed by atoms with van der Waals surface area (Å²) in [6.45, 7) is 0.523. The Labute approximate surface area is 97.4 Å². The van der Waals surface area contributed by atoms with E-state index in [1.54, 1.807) is 7.11 Å². The lowest BCUT2D eigenvalue weighted by Gasteiger charge is -2.23. The van der Waals surface area contributed by atoms with E-state index in [0.29, 0.717) is 25.1 Å². The summed E-state index contributed by atoms with van der Waals surface area (Å²) in [7, 11) is 1.59. The molecule has 0 saturated heterocycles. The van der Waals surface area contributed by atoms with Gasteiger partial charge in [-0.05, 0) is 12.8 Å². The normalized spacial score (nSPS) is 20.4. The Morgan fingerprint density at radius 2 is 2.24 bits per heavy atom. The van der Waals surface area contributed by atoms with Crippen LogP contribution in [0.2, 0.25) is 0 Å². The van der Waals surface area contributed by atoms with Crippen molar-refractivity contribution in [3.8, 4) is 0 Å². The second-order valence-corrected chi connectivity index (χ2v) is 4.33. The Morgan fingerprint density at radius 1 is 1.47 bits per heavy atom. The fourth-order valence-corrected chi connectivity index (χ4v) is 2.14. The molecule has 1 aliphatic carbocycles. The minimum Gasteiger partial charge on any atom is -0.384 e. The van der Waals surface area contributed by atoms with Crippen molar-refractivity contribution in [2.24, 2.45) is 5.92 Å². The van der Waals surface area contributed by atoms with Crippen molar-refractivity contribution in [3.63, 3.8) is 0 Å². The van der Waals surface area contributed by atoms with Crippen LogP contribution in [0.3, 0.4) is 0 Å². The molecule has 1 N–H and O–H groups in total. The van der Waals surface area contributed by atoms with Gasteiger partial charge in [-0.2, -0.15) is 13.2 Å². The topological polar surface area (TPSA) is 37.9 Å². The molecular weight excluding hydrogens is 233 g/mol. The van der Waals surface area contributed by atoms with Gasteiger partial charge in [0.15, 0.2) is 0 Å². The van der Waals surface area contributed by atoms with Crippen molar-refractivity contribution in [1.29, 1.82) is 0 Å². The summed E-state index contributed by atoms with van der Waals surface area (Å²) in [6, 6.07) is 0. The van der Waals surface area contributed by atoms with Crippen molar-refractivity contribution in [1.82, 2.24) is 9.97 Å². The largest absolute Gasteiger partial charge is 0.392 e. The van der Waals surface area contributed by atoms with Gasteiger partial charge in [-0.3, -0.25) is 0 Å². The van der Waals surface area contributed by atoms with E-state index in [1.165, 1.54) is 0 Å². The third-order valence-electron chi connectivity index (χ3n) is 3.10. The molecule has 1 unspecified atom stereocenters. The molecule has 6 heteroatoms. The Bertz CT molecular complexity index is 387. The summed E-state index contributed by atoms with van der Waals surface area (Å²) in [5.41, 5.74) is 1.43. The van der Waals surface area contributed by atoms with Crippen LogP contribution >= 0.6 is 0 Å². The Morgan fingerprint density at radius 3 is 2.88 bits per heavy atom. The number of aromatic amines is 1. The van der Waals surface area contributed by atoms with E-state index in [2.05, 4.69) is 9.97 Å². The highest BCUT2D eigenvalue weighted by atomic mass is 19.4. The van der Waals surface area contributed by atoms with Crippen LogP contribution in [0.4, 0.5) is 13.2 Å². The molecule has 0 aliphatic heterocycles. The zero-order valence-corrected chi connectivity index (χ0v) is 9.60. The smallest absolute Gasteiger partial charge is 0.384 e. The summed E-state index contributed by atoms with van der Waals surface area (Å²) in [5.74, 6) is -0.509. The average molecular weight is 248 g/mol. The number of fused-ring (bicyclic) bond motifs is 1. The Kier molecular flexibility index (Phi) is 3.42. The van der Waals surface area contributed by atoms with Crippen LogP contribution in [-0.2, 0) is 24.0 Å². The van der Waals surface area contributed by atoms with Crippen LogP contribution in [0, 0.1) is 5.92 Å². The van der Waals surface area contributed by atoms with Crippen molar-refractivity contribution < 1.29 is 17.9 Å². The van der Waals surface area contributed by atoms with E-state index in [-0.39, 0.29) is 12.8 Å². The highest BCUT2D eigenvalue weighted by Gasteiger charge is 2.41. The molecule has 0 fully saturated rings. The van der Waals surface area contributed by atoms with Gasteiger partial charge < -0.3 is 9.72 Å². The van der Waals surface area contributed by atoms with E-state index in [0.717, 1.165) is 11.5 Å². The molecule has 0 radical (unpaired) electrons. The van der Waals surface area contributed by atoms with Gasteiger partial charge in [-0.25, -0.2) is 4.98 Å². The van der Waals surface area contributed by atoms with Gasteiger partial charge in [0.05, 0.1) is 18.2 Å². The molecule has 1 aromatic rings. The molecule has 1 aromatic heterocycles. The van der Waals surface area contributed by atoms with Crippen molar-refractivity contribution in [3.05, 3.63) is 17.2 Å². The minimum absolute atomic E-state index is 0.0266. The van der Waals surface area contributed by atoms with E-state index >= 15 is 0 Å². The van der Waals surface area contributed by atoms with Gasteiger partial charge in [0.2, 0.25) is 0 Å². The fraction of sp³-hybridized carbons (Fsp3) is 0.727. The SMILES string of the molecule is COCCc1nc2c([nH]1)CC(C(F)(F)F)CC2. The molecule has 0 bridgehead atoms. The Hall–Kier alpha value is -1.04. The first-order valence-electron chi connectivity index (χ1n) is 5.63. The van der Waals surface area contributed by atoms with Gasteiger partial charge >= 0.3 is 6.18 Å². The van der Waals surface area contributed by atoms with Crippen LogP contribution < -0.4 is 0 Å². The van der Waals surface area contributed by atoms with Gasteiger partial charge in [0.1, 0.15) is 5.82 Å². The summed E-state index contributed by atoms with van der Waals surface area (Å²) >= 11 is 0. The lowest BCUT2D eigenvalue weighted by atomic mass is 9.89. The van der Waals surface area contributed by atoms with Crippen LogP contribution in [0.5, 0.6) is 0 Å². The molecule has 1 atom stereocenters. The molecule has 1 aliphatic rings. The zero-order valence-electron chi connectivity index (χ0n) is 9.60. The summed E-state index contributed by atoms with van der Waals surface area (Å²) < 4.78 is 42.7. The van der Waals surface area contributed by atoms with Gasteiger partial charge in [-0.1, -0.05) is 0 Å². The number of nitrogens with one attached hydrogen (secondary N) is 1. The standard InChI is InChI=1S/C11H15F3N2O/c1-17-5-4-10-15-8-3-2-7(11(12,13)14)6-9(8)16-10/h7H,2-6H2,1H3,(H,15,16). The van der Waals surface area contributed by atoms with E-state index in [4.69, 9.17) is 4.74 Å². The number of nitrogens with zero attached hydrogens (tertiary/aromatic N) is 1. The third kappa shape index (κ3) is 2.80. The van der Waals surface area contributed by atoms with E-state index in [1.807, 2.05) is 0 Å². The number of aromatic nitrogens is 2. The molecule has 96 valence electrons. The van der Waals surface area contributed by atoms with Gasteiger partial charge in [0.25, 0.3) is 0 Å². The Balaban J connectivity index is 2.07. The number of imidazole rings is 1. The monoisotopic (exact) mass is 248 g/mol. The summed E-state index contributed by atoms with van der Waals surface area (Å²) in [4.78, 5) is 7.28. The lowest BCUT2D eigenvalue weighted by molar-refractivity contribution is -0.177. The average Bonchev–Trinajstić information content (AvgIpc) is 2.66. The second kappa shape index (κ2) is 4.68. The molecule has 17 heavy (non-hydrogen) atoms. The maximum atomic E-state index is 12.6. The highest BCUT2D eigenvalue weighted by Crippen LogP contribution is 2.36. The molecule has 0 amide bonds. The van der Waals surface area contributed by atoms with Gasteiger partial charge in [-0.15, -0.1) is 0 Å². The minimum atomic E-state index is -4.10. The third-order valence-corrected chi connectivity index (χ3v) is 3.10. The number of hydrogen-bond donors (Lipinski definition) is 1. The molecule has 1 heterocycles. The predicted octanol–water partition coefficient (Wildman–Crippen LogP) is 2.27. The first-order chi connectivity index (χ1) is 8.00. The molecular formula is C11H15F3N2O. The van der Waals surface area contributed by atoms with Crippen molar-refractivity contribution in [2.45, 2.75) is 31.9 Å². The summed E-state index contributed by atoms with van der Waals surface area (Å²) in [5, 5.41) is 0. The van der Waals surface area contributed by atoms with Crippen molar-refractivity contribution >= 4 is 0 Å². The number of H-pyrrole nitrogens is 1. The van der Waals surface area contributed by atoms with Gasteiger partial charge in [0, 0.05) is 25.6 Å². The number of aryl methyl sites for hydroxylation is 1. The number of methoxy groups -OCH3 is 1. The fourth-order valence-electron chi connectivity index (χ4n) is 2.14. The number of ether oxygens (including phenoxy) is 1. The second-order valence-electron chi connectivity index (χ2n) is 4.33. The molecule has 0 saturated carbocycles. The number of alkyl halides is 3. The first kappa shape index (κ1) is 12.4. The number of hydrogen-bond acceptors (Lipinski definition) is 2. The van der Waals surface area contributed by atoms with Crippen LogP contribution in [0.1, 0.15) is 23.6 Å². The van der Waals surface area contributed by atoms with Crippen molar-refractivity contribution in [2.75, 3.05) is 13.7 Å². The lowest BCUT2D eigenvalue weighted by Crippen LogP contribution is -2.28. The molecule has 2 rings (SSSR count). The van der Waals surface area contributed by atoms with E-state index < -0.39 is 12.1 Å². The zero-order chi connectivity index (χ0) is 12.5. The summed E-state index contributed by atoms with van der Waals surface area (Å²) in [6.07, 6.45) is -2.91. The van der Waals surface area contributed by atoms with E-state index in [9.17, 15) is 13.2 Å². The maximum Gasteiger partial charge on any atom is 0.392 e. The number of rotatable bonds is 3. The number of halogens is 3. The maximum absolute atomic E-state index is 12.6. The predicted molar refractivity (Wildman–Crippen MR) is 55.7 cm³/mol.